The van der Waals surface area contributed by atoms with Crippen molar-refractivity contribution >= 4 is 11.3 Å². The van der Waals surface area contributed by atoms with Gasteiger partial charge in [-0.3, -0.25) is 0 Å². The zero-order valence-electron chi connectivity index (χ0n) is 10.2. The number of piperidine rings is 1. The second-order valence-electron chi connectivity index (χ2n) is 4.83. The molecule has 0 aliphatic carbocycles. The summed E-state index contributed by atoms with van der Waals surface area (Å²) in [6.45, 7) is 2.40. The van der Waals surface area contributed by atoms with Crippen molar-refractivity contribution in [3.63, 3.8) is 0 Å². The third-order valence-electron chi connectivity index (χ3n) is 3.46. The van der Waals surface area contributed by atoms with Gasteiger partial charge in [0.05, 0.1) is 17.0 Å². The molecule has 0 saturated carbocycles. The molecule has 0 amide bonds. The Morgan fingerprint density at radius 2 is 2.28 bits per heavy atom. The van der Waals surface area contributed by atoms with Crippen LogP contribution in [0.5, 0.6) is 0 Å². The minimum atomic E-state index is -0.599. The standard InChI is InChI=1S/C13H17N3OS/c17-13(3-5-14-6-4-13)10-16-8-7-15-12(16)11-2-1-9-18-11/h1-2,7-9,14,17H,3-6,10H2. The second-order valence-corrected chi connectivity index (χ2v) is 5.78. The summed E-state index contributed by atoms with van der Waals surface area (Å²) in [5.74, 6) is 0.956. The fourth-order valence-corrected chi connectivity index (χ4v) is 3.17. The summed E-state index contributed by atoms with van der Waals surface area (Å²) in [5.41, 5.74) is -0.599. The van der Waals surface area contributed by atoms with E-state index in [2.05, 4.69) is 20.9 Å². The van der Waals surface area contributed by atoms with Crippen LogP contribution in [0.4, 0.5) is 0 Å². The molecule has 3 heterocycles. The van der Waals surface area contributed by atoms with Crippen LogP contribution in [0.25, 0.3) is 10.7 Å². The molecular formula is C13H17N3OS. The first kappa shape index (κ1) is 11.9. The first-order valence-corrected chi connectivity index (χ1v) is 7.13. The van der Waals surface area contributed by atoms with Crippen LogP contribution in [0.1, 0.15) is 12.8 Å². The van der Waals surface area contributed by atoms with Gasteiger partial charge in [0, 0.05) is 12.4 Å². The van der Waals surface area contributed by atoms with Crippen molar-refractivity contribution in [2.75, 3.05) is 13.1 Å². The predicted molar refractivity (Wildman–Crippen MR) is 72.6 cm³/mol. The number of aromatic nitrogens is 2. The molecule has 0 aromatic carbocycles. The minimum Gasteiger partial charge on any atom is -0.388 e. The molecule has 3 rings (SSSR count). The summed E-state index contributed by atoms with van der Waals surface area (Å²) >= 11 is 1.68. The van der Waals surface area contributed by atoms with Crippen LogP contribution in [0.2, 0.25) is 0 Å². The van der Waals surface area contributed by atoms with Crippen LogP contribution < -0.4 is 5.32 Å². The predicted octanol–water partition coefficient (Wildman–Crippen LogP) is 1.73. The van der Waals surface area contributed by atoms with Gasteiger partial charge >= 0.3 is 0 Å². The average Bonchev–Trinajstić information content (AvgIpc) is 2.99. The molecular weight excluding hydrogens is 246 g/mol. The van der Waals surface area contributed by atoms with E-state index in [1.54, 1.807) is 17.5 Å². The third kappa shape index (κ3) is 2.34. The Kier molecular flexibility index (Phi) is 3.20. The van der Waals surface area contributed by atoms with Gasteiger partial charge in [-0.15, -0.1) is 11.3 Å². The second kappa shape index (κ2) is 4.84. The summed E-state index contributed by atoms with van der Waals surface area (Å²) < 4.78 is 2.07. The maximum atomic E-state index is 10.6. The topological polar surface area (TPSA) is 50.1 Å². The van der Waals surface area contributed by atoms with E-state index in [0.717, 1.165) is 36.6 Å². The molecule has 5 heteroatoms. The van der Waals surface area contributed by atoms with Gasteiger partial charge in [-0.1, -0.05) is 6.07 Å². The fourth-order valence-electron chi connectivity index (χ4n) is 2.44. The first-order valence-electron chi connectivity index (χ1n) is 6.25. The molecule has 1 aliphatic rings. The molecule has 0 atom stereocenters. The van der Waals surface area contributed by atoms with Crippen LogP contribution in [0.15, 0.2) is 29.9 Å². The highest BCUT2D eigenvalue weighted by Gasteiger charge is 2.30. The molecule has 1 fully saturated rings. The number of hydrogen-bond donors (Lipinski definition) is 2. The van der Waals surface area contributed by atoms with E-state index in [9.17, 15) is 5.11 Å². The van der Waals surface area contributed by atoms with Gasteiger partial charge in [-0.2, -0.15) is 0 Å². The van der Waals surface area contributed by atoms with Gasteiger partial charge in [-0.25, -0.2) is 4.98 Å². The molecule has 2 aromatic heterocycles. The van der Waals surface area contributed by atoms with Gasteiger partial charge in [0.2, 0.25) is 0 Å². The van der Waals surface area contributed by atoms with E-state index in [1.807, 2.05) is 17.6 Å². The zero-order chi connectivity index (χ0) is 12.4. The van der Waals surface area contributed by atoms with Crippen molar-refractivity contribution in [2.45, 2.75) is 25.0 Å². The van der Waals surface area contributed by atoms with Gasteiger partial charge in [0.25, 0.3) is 0 Å². The molecule has 1 saturated heterocycles. The summed E-state index contributed by atoms with van der Waals surface area (Å²) in [4.78, 5) is 5.55. The van der Waals surface area contributed by atoms with E-state index < -0.39 is 5.60 Å². The highest BCUT2D eigenvalue weighted by Crippen LogP contribution is 2.26. The Morgan fingerprint density at radius 3 is 3.00 bits per heavy atom. The third-order valence-corrected chi connectivity index (χ3v) is 4.32. The van der Waals surface area contributed by atoms with Gasteiger partial charge in [0.1, 0.15) is 5.82 Å². The van der Waals surface area contributed by atoms with E-state index in [1.165, 1.54) is 0 Å². The molecule has 2 N–H and O–H groups in total. The average molecular weight is 263 g/mol. The zero-order valence-corrected chi connectivity index (χ0v) is 11.0. The lowest BCUT2D eigenvalue weighted by molar-refractivity contribution is -0.00497. The van der Waals surface area contributed by atoms with Gasteiger partial charge in [-0.05, 0) is 37.4 Å². The molecule has 4 nitrogen and oxygen atoms in total. The van der Waals surface area contributed by atoms with Crippen LogP contribution >= 0.6 is 11.3 Å². The molecule has 2 aromatic rings. The molecule has 1 aliphatic heterocycles. The first-order chi connectivity index (χ1) is 8.77. The SMILES string of the molecule is OC1(Cn2ccnc2-c2cccs2)CCNCC1. The lowest BCUT2D eigenvalue weighted by Crippen LogP contribution is -2.44. The van der Waals surface area contributed by atoms with Crippen LogP contribution in [-0.2, 0) is 6.54 Å². The van der Waals surface area contributed by atoms with Crippen molar-refractivity contribution < 1.29 is 5.11 Å². The maximum absolute atomic E-state index is 10.6. The number of imidazole rings is 1. The fraction of sp³-hybridized carbons (Fsp3) is 0.462. The van der Waals surface area contributed by atoms with Crippen molar-refractivity contribution in [3.8, 4) is 10.7 Å². The monoisotopic (exact) mass is 263 g/mol. The minimum absolute atomic E-state index is 0.599. The number of nitrogens with zero attached hydrogens (tertiary/aromatic N) is 2. The van der Waals surface area contributed by atoms with Crippen molar-refractivity contribution in [2.24, 2.45) is 0 Å². The summed E-state index contributed by atoms with van der Waals surface area (Å²) in [5, 5.41) is 15.9. The number of hydrogen-bond acceptors (Lipinski definition) is 4. The molecule has 0 radical (unpaired) electrons. The van der Waals surface area contributed by atoms with E-state index in [4.69, 9.17) is 0 Å². The largest absolute Gasteiger partial charge is 0.388 e. The van der Waals surface area contributed by atoms with Gasteiger partial charge < -0.3 is 15.0 Å². The smallest absolute Gasteiger partial charge is 0.150 e. The van der Waals surface area contributed by atoms with Crippen molar-refractivity contribution in [1.82, 2.24) is 14.9 Å². The van der Waals surface area contributed by atoms with Crippen molar-refractivity contribution in [1.29, 1.82) is 0 Å². The summed E-state index contributed by atoms with van der Waals surface area (Å²) in [6.07, 6.45) is 5.36. The normalized spacial score (nSPS) is 18.9. The Bertz CT molecular complexity index is 500. The number of nitrogens with one attached hydrogen (secondary N) is 1. The Balaban J connectivity index is 1.83. The quantitative estimate of drug-likeness (QED) is 0.886. The van der Waals surface area contributed by atoms with Crippen LogP contribution in [-0.4, -0.2) is 33.3 Å². The van der Waals surface area contributed by atoms with E-state index in [0.29, 0.717) is 6.54 Å². The highest BCUT2D eigenvalue weighted by molar-refractivity contribution is 7.13. The maximum Gasteiger partial charge on any atom is 0.150 e. The Morgan fingerprint density at radius 1 is 1.44 bits per heavy atom. The van der Waals surface area contributed by atoms with Crippen LogP contribution in [0, 0.1) is 0 Å². The molecule has 18 heavy (non-hydrogen) atoms. The van der Waals surface area contributed by atoms with Crippen molar-refractivity contribution in [3.05, 3.63) is 29.9 Å². The molecule has 0 unspecified atom stereocenters. The molecule has 96 valence electrons. The molecule has 0 spiro atoms. The molecule has 0 bridgehead atoms. The lowest BCUT2D eigenvalue weighted by atomic mass is 9.92. The highest BCUT2D eigenvalue weighted by atomic mass is 32.1. The number of thiophene rings is 1. The van der Waals surface area contributed by atoms with E-state index >= 15 is 0 Å². The summed E-state index contributed by atoms with van der Waals surface area (Å²) in [7, 11) is 0. The lowest BCUT2D eigenvalue weighted by Gasteiger charge is -2.33. The summed E-state index contributed by atoms with van der Waals surface area (Å²) in [6, 6.07) is 4.09. The van der Waals surface area contributed by atoms with E-state index in [-0.39, 0.29) is 0 Å². The Labute approximate surface area is 110 Å². The number of aliphatic hydroxyl groups is 1. The number of rotatable bonds is 3. The van der Waals surface area contributed by atoms with Gasteiger partial charge in [0.15, 0.2) is 0 Å². The Hall–Kier alpha value is -1.17. The van der Waals surface area contributed by atoms with Crippen LogP contribution in [0.3, 0.4) is 0 Å².